The van der Waals surface area contributed by atoms with Crippen molar-refractivity contribution >= 4 is 26.8 Å². The molecule has 5 nitrogen and oxygen atoms in total. The van der Waals surface area contributed by atoms with E-state index in [1.807, 2.05) is 24.3 Å². The summed E-state index contributed by atoms with van der Waals surface area (Å²) in [7, 11) is -1.32. The van der Waals surface area contributed by atoms with Gasteiger partial charge in [-0.1, -0.05) is 30.8 Å². The first-order chi connectivity index (χ1) is 10.5. The van der Waals surface area contributed by atoms with Crippen molar-refractivity contribution in [3.63, 3.8) is 0 Å². The van der Waals surface area contributed by atoms with Crippen LogP contribution in [0.25, 0.3) is 0 Å². The van der Waals surface area contributed by atoms with Gasteiger partial charge in [-0.3, -0.25) is 4.99 Å². The number of hydrogen-bond acceptors (Lipinski definition) is 6. The number of methoxy groups -OCH3 is 1. The summed E-state index contributed by atoms with van der Waals surface area (Å²) in [5, 5.41) is 0.968. The first kappa shape index (κ1) is 15.7. The number of fused-ring (bicyclic) bond motifs is 1. The summed E-state index contributed by atoms with van der Waals surface area (Å²) >= 11 is 1.68. The third-order valence-electron chi connectivity index (χ3n) is 3.98. The molecule has 2 aliphatic heterocycles. The van der Waals surface area contributed by atoms with Crippen molar-refractivity contribution in [2.45, 2.75) is 25.6 Å². The lowest BCUT2D eigenvalue weighted by Crippen LogP contribution is -2.38. The summed E-state index contributed by atoms with van der Waals surface area (Å²) in [6.07, 6.45) is 0. The van der Waals surface area contributed by atoms with E-state index in [9.17, 15) is 8.42 Å². The number of benzene rings is 1. The molecule has 1 fully saturated rings. The van der Waals surface area contributed by atoms with Crippen LogP contribution in [0.4, 0.5) is 0 Å². The topological polar surface area (TPSA) is 59.0 Å². The molecule has 7 heteroatoms. The van der Waals surface area contributed by atoms with Gasteiger partial charge in [0.15, 0.2) is 15.0 Å². The van der Waals surface area contributed by atoms with Crippen molar-refractivity contribution in [1.82, 2.24) is 4.90 Å². The predicted molar refractivity (Wildman–Crippen MR) is 90.3 cm³/mol. The Morgan fingerprint density at radius 1 is 1.41 bits per heavy atom. The molecule has 2 heterocycles. The van der Waals surface area contributed by atoms with E-state index in [-0.39, 0.29) is 23.6 Å². The second-order valence-electron chi connectivity index (χ2n) is 5.54. The number of rotatable bonds is 4. The summed E-state index contributed by atoms with van der Waals surface area (Å²) < 4.78 is 29.0. The first-order valence-corrected chi connectivity index (χ1v) is 10.1. The summed E-state index contributed by atoms with van der Waals surface area (Å²) in [4.78, 5) is 6.80. The average molecular weight is 340 g/mol. The number of hydrogen-bond donors (Lipinski definition) is 0. The van der Waals surface area contributed by atoms with Gasteiger partial charge < -0.3 is 9.64 Å². The van der Waals surface area contributed by atoms with Crippen LogP contribution in [0.15, 0.2) is 29.3 Å². The Morgan fingerprint density at radius 2 is 2.23 bits per heavy atom. The van der Waals surface area contributed by atoms with Crippen LogP contribution >= 0.6 is 11.8 Å². The summed E-state index contributed by atoms with van der Waals surface area (Å²) in [6.45, 7) is 2.75. The maximum Gasteiger partial charge on any atom is 0.160 e. The van der Waals surface area contributed by atoms with Gasteiger partial charge in [0.25, 0.3) is 0 Å². The molecule has 0 unspecified atom stereocenters. The van der Waals surface area contributed by atoms with Crippen LogP contribution in [-0.4, -0.2) is 54.9 Å². The zero-order chi connectivity index (χ0) is 15.7. The van der Waals surface area contributed by atoms with E-state index in [0.717, 1.165) is 22.2 Å². The lowest BCUT2D eigenvalue weighted by atomic mass is 10.1. The molecule has 0 spiro atoms. The smallest absolute Gasteiger partial charge is 0.160 e. The Bertz CT molecular complexity index is 688. The molecular weight excluding hydrogens is 320 g/mol. The Labute approximate surface area is 135 Å². The highest BCUT2D eigenvalue weighted by atomic mass is 32.2. The molecule has 1 aromatic carbocycles. The van der Waals surface area contributed by atoms with Crippen LogP contribution < -0.4 is 4.74 Å². The van der Waals surface area contributed by atoms with Gasteiger partial charge in [-0.25, -0.2) is 8.42 Å². The van der Waals surface area contributed by atoms with Crippen molar-refractivity contribution in [3.8, 4) is 5.75 Å². The van der Waals surface area contributed by atoms with E-state index in [0.29, 0.717) is 6.54 Å². The highest BCUT2D eigenvalue weighted by Gasteiger charge is 2.46. The maximum absolute atomic E-state index is 11.9. The normalized spacial score (nSPS) is 25.9. The molecular formula is C15H20N2O3S2. The first-order valence-electron chi connectivity index (χ1n) is 7.33. The van der Waals surface area contributed by atoms with Crippen LogP contribution in [0.1, 0.15) is 12.5 Å². The van der Waals surface area contributed by atoms with Gasteiger partial charge in [-0.2, -0.15) is 0 Å². The number of nitrogens with zero attached hydrogens (tertiary/aromatic N) is 2. The molecule has 22 heavy (non-hydrogen) atoms. The molecule has 2 atom stereocenters. The molecule has 0 N–H and O–H groups in total. The van der Waals surface area contributed by atoms with Crippen molar-refractivity contribution in [3.05, 3.63) is 29.8 Å². The van der Waals surface area contributed by atoms with E-state index in [2.05, 4.69) is 16.8 Å². The fourth-order valence-electron chi connectivity index (χ4n) is 2.99. The van der Waals surface area contributed by atoms with Gasteiger partial charge in [0.05, 0.1) is 30.7 Å². The standard InChI is InChI=1S/C15H20N2O3S2/c1-3-21-15-16-13-9-22(18,19)10-14(13)17(15)8-11-5-4-6-12(7-11)20-2/h4-7,13-14H,3,8-10H2,1-2H3/t13-,14+/m1/s1. The third-order valence-corrected chi connectivity index (χ3v) is 6.56. The summed E-state index contributed by atoms with van der Waals surface area (Å²) in [5.41, 5.74) is 1.11. The molecule has 3 rings (SSSR count). The monoisotopic (exact) mass is 340 g/mol. The second kappa shape index (κ2) is 6.12. The van der Waals surface area contributed by atoms with Crippen molar-refractivity contribution in [2.75, 3.05) is 24.4 Å². The number of amidine groups is 1. The molecule has 2 aliphatic rings. The van der Waals surface area contributed by atoms with Crippen molar-refractivity contribution in [1.29, 1.82) is 0 Å². The van der Waals surface area contributed by atoms with Gasteiger partial charge in [0, 0.05) is 6.54 Å². The van der Waals surface area contributed by atoms with Crippen LogP contribution in [0, 0.1) is 0 Å². The minimum Gasteiger partial charge on any atom is -0.497 e. The minimum atomic E-state index is -2.96. The Kier molecular flexibility index (Phi) is 4.36. The van der Waals surface area contributed by atoms with Gasteiger partial charge in [-0.15, -0.1) is 0 Å². The lowest BCUT2D eigenvalue weighted by molar-refractivity contribution is 0.341. The van der Waals surface area contributed by atoms with Crippen LogP contribution in [0.3, 0.4) is 0 Å². The molecule has 0 aromatic heterocycles. The Balaban J connectivity index is 1.84. The van der Waals surface area contributed by atoms with E-state index >= 15 is 0 Å². The highest BCUT2D eigenvalue weighted by Crippen LogP contribution is 2.32. The predicted octanol–water partition coefficient (Wildman–Crippen LogP) is 1.79. The number of aliphatic imine (C=N–C) groups is 1. The van der Waals surface area contributed by atoms with Crippen LogP contribution in [-0.2, 0) is 16.4 Å². The van der Waals surface area contributed by atoms with Crippen molar-refractivity contribution < 1.29 is 13.2 Å². The van der Waals surface area contributed by atoms with Gasteiger partial charge >= 0.3 is 0 Å². The van der Waals surface area contributed by atoms with E-state index in [1.165, 1.54) is 0 Å². The third kappa shape index (κ3) is 3.10. The average Bonchev–Trinajstić information content (AvgIpc) is 2.93. The molecule has 120 valence electrons. The zero-order valence-corrected chi connectivity index (χ0v) is 14.4. The summed E-state index contributed by atoms with van der Waals surface area (Å²) in [6, 6.07) is 7.76. The molecule has 0 radical (unpaired) electrons. The lowest BCUT2D eigenvalue weighted by Gasteiger charge is -2.26. The van der Waals surface area contributed by atoms with Gasteiger partial charge in [0.1, 0.15) is 5.75 Å². The SMILES string of the molecule is CCSC1=N[C@@H]2CS(=O)(=O)C[C@@H]2N1Cc1cccc(OC)c1. The van der Waals surface area contributed by atoms with Crippen LogP contribution in [0.2, 0.25) is 0 Å². The fraction of sp³-hybridized carbons (Fsp3) is 0.533. The number of thioether (sulfide) groups is 1. The van der Waals surface area contributed by atoms with Crippen LogP contribution in [0.5, 0.6) is 5.75 Å². The quantitative estimate of drug-likeness (QED) is 0.836. The minimum absolute atomic E-state index is 0.0229. The fourth-order valence-corrected chi connectivity index (χ4v) is 5.70. The molecule has 1 aromatic rings. The summed E-state index contributed by atoms with van der Waals surface area (Å²) in [5.74, 6) is 2.13. The number of sulfone groups is 1. The van der Waals surface area contributed by atoms with E-state index in [4.69, 9.17) is 4.74 Å². The molecule has 0 aliphatic carbocycles. The number of ether oxygens (including phenoxy) is 1. The van der Waals surface area contributed by atoms with E-state index in [1.54, 1.807) is 18.9 Å². The molecule has 1 saturated heterocycles. The Morgan fingerprint density at radius 3 is 2.95 bits per heavy atom. The molecule has 0 bridgehead atoms. The molecule has 0 amide bonds. The zero-order valence-electron chi connectivity index (χ0n) is 12.7. The largest absolute Gasteiger partial charge is 0.497 e. The maximum atomic E-state index is 11.9. The van der Waals surface area contributed by atoms with Crippen molar-refractivity contribution in [2.24, 2.45) is 4.99 Å². The second-order valence-corrected chi connectivity index (χ2v) is 8.92. The van der Waals surface area contributed by atoms with Gasteiger partial charge in [-0.05, 0) is 23.4 Å². The highest BCUT2D eigenvalue weighted by molar-refractivity contribution is 8.13. The Hall–Kier alpha value is -1.21. The van der Waals surface area contributed by atoms with Gasteiger partial charge in [0.2, 0.25) is 0 Å². The molecule has 0 saturated carbocycles. The van der Waals surface area contributed by atoms with E-state index < -0.39 is 9.84 Å².